The molecule has 0 spiro atoms. The lowest BCUT2D eigenvalue weighted by atomic mass is 9.92. The quantitative estimate of drug-likeness (QED) is 0.850. The minimum absolute atomic E-state index is 0. The molecule has 1 amide bonds. The van der Waals surface area contributed by atoms with Gasteiger partial charge in [-0.2, -0.15) is 0 Å². The van der Waals surface area contributed by atoms with E-state index in [1.54, 1.807) is 6.07 Å². The molecule has 2 N–H and O–H groups in total. The maximum absolute atomic E-state index is 12.8. The first-order valence-electron chi connectivity index (χ1n) is 8.51. The molecule has 2 atom stereocenters. The normalized spacial score (nSPS) is 18.5. The Balaban J connectivity index is 0.00000288. The number of nitrogens with zero attached hydrogens (tertiary/aromatic N) is 1. The fourth-order valence-electron chi connectivity index (χ4n) is 2.99. The van der Waals surface area contributed by atoms with Crippen molar-refractivity contribution < 1.29 is 14.3 Å². The van der Waals surface area contributed by atoms with Gasteiger partial charge in [-0.25, -0.2) is 0 Å². The zero-order chi connectivity index (χ0) is 16.8. The van der Waals surface area contributed by atoms with Gasteiger partial charge in [0.15, 0.2) is 11.5 Å². The first-order chi connectivity index (χ1) is 11.1. The van der Waals surface area contributed by atoms with Crippen molar-refractivity contribution in [3.05, 3.63) is 23.8 Å². The van der Waals surface area contributed by atoms with Crippen molar-refractivity contribution in [2.75, 3.05) is 26.3 Å². The molecule has 0 bridgehead atoms. The molecular weight excluding hydrogens is 328 g/mol. The van der Waals surface area contributed by atoms with Gasteiger partial charge in [0.2, 0.25) is 0 Å². The Kier molecular flexibility index (Phi) is 8.36. The summed E-state index contributed by atoms with van der Waals surface area (Å²) in [5, 5.41) is 0. The largest absolute Gasteiger partial charge is 0.490 e. The van der Waals surface area contributed by atoms with Gasteiger partial charge in [-0.15, -0.1) is 12.4 Å². The number of hydrogen-bond acceptors (Lipinski definition) is 4. The number of hydrogen-bond donors (Lipinski definition) is 1. The van der Waals surface area contributed by atoms with Crippen molar-refractivity contribution in [3.8, 4) is 11.5 Å². The summed E-state index contributed by atoms with van der Waals surface area (Å²) in [4.78, 5) is 14.7. The lowest BCUT2D eigenvalue weighted by molar-refractivity contribution is 0.0660. The van der Waals surface area contributed by atoms with Crippen LogP contribution in [0.3, 0.4) is 0 Å². The number of amides is 1. The number of rotatable bonds is 6. The third kappa shape index (κ3) is 5.02. The summed E-state index contributed by atoms with van der Waals surface area (Å²) >= 11 is 0. The maximum Gasteiger partial charge on any atom is 0.254 e. The van der Waals surface area contributed by atoms with Crippen LogP contribution < -0.4 is 15.2 Å². The molecule has 5 nitrogen and oxygen atoms in total. The van der Waals surface area contributed by atoms with Gasteiger partial charge in [0.05, 0.1) is 13.2 Å². The van der Waals surface area contributed by atoms with Crippen LogP contribution >= 0.6 is 12.4 Å². The molecule has 1 fully saturated rings. The molecule has 1 heterocycles. The predicted molar refractivity (Wildman–Crippen MR) is 98.3 cm³/mol. The first-order valence-corrected chi connectivity index (χ1v) is 8.51. The highest BCUT2D eigenvalue weighted by Crippen LogP contribution is 2.30. The number of carbonyl (C=O) groups excluding carboxylic acids is 1. The molecule has 0 aromatic heterocycles. The van der Waals surface area contributed by atoms with Gasteiger partial charge in [0.1, 0.15) is 0 Å². The van der Waals surface area contributed by atoms with Gasteiger partial charge in [-0.3, -0.25) is 4.79 Å². The highest BCUT2D eigenvalue weighted by atomic mass is 35.5. The van der Waals surface area contributed by atoms with Crippen molar-refractivity contribution in [2.45, 2.75) is 39.7 Å². The van der Waals surface area contributed by atoms with Crippen LogP contribution in [0.4, 0.5) is 0 Å². The Morgan fingerprint density at radius 3 is 2.58 bits per heavy atom. The summed E-state index contributed by atoms with van der Waals surface area (Å²) in [6, 6.07) is 5.52. The molecular formula is C18H29ClN2O3. The second kappa shape index (κ2) is 9.74. The molecule has 0 saturated carbocycles. The SMILES string of the molecule is CCOc1ccc(C(=O)N2CCCC(C(C)N)C2)cc1OCC.Cl. The van der Waals surface area contributed by atoms with E-state index in [0.29, 0.717) is 36.2 Å². The molecule has 1 aliphatic rings. The van der Waals surface area contributed by atoms with Gasteiger partial charge in [0.25, 0.3) is 5.91 Å². The van der Waals surface area contributed by atoms with Crippen molar-refractivity contribution in [2.24, 2.45) is 11.7 Å². The second-order valence-corrected chi connectivity index (χ2v) is 6.04. The van der Waals surface area contributed by atoms with Crippen LogP contribution in [-0.4, -0.2) is 43.2 Å². The number of benzene rings is 1. The molecule has 1 aliphatic heterocycles. The Morgan fingerprint density at radius 2 is 1.96 bits per heavy atom. The summed E-state index contributed by atoms with van der Waals surface area (Å²) in [5.74, 6) is 1.72. The number of piperidine rings is 1. The van der Waals surface area contributed by atoms with Crippen LogP contribution in [-0.2, 0) is 0 Å². The number of halogens is 1. The molecule has 24 heavy (non-hydrogen) atoms. The van der Waals surface area contributed by atoms with Crippen LogP contribution in [0.2, 0.25) is 0 Å². The predicted octanol–water partition coefficient (Wildman–Crippen LogP) is 3.11. The lowest BCUT2D eigenvalue weighted by Crippen LogP contribution is -2.45. The Morgan fingerprint density at radius 1 is 1.29 bits per heavy atom. The van der Waals surface area contributed by atoms with Crippen LogP contribution in [0, 0.1) is 5.92 Å². The van der Waals surface area contributed by atoms with Gasteiger partial charge >= 0.3 is 0 Å². The number of likely N-dealkylation sites (tertiary alicyclic amines) is 1. The van der Waals surface area contributed by atoms with Crippen LogP contribution in [0.5, 0.6) is 11.5 Å². The van der Waals surface area contributed by atoms with Crippen LogP contribution in [0.25, 0.3) is 0 Å². The number of carbonyl (C=O) groups is 1. The van der Waals surface area contributed by atoms with Crippen molar-refractivity contribution in [3.63, 3.8) is 0 Å². The molecule has 136 valence electrons. The third-order valence-corrected chi connectivity index (χ3v) is 4.28. The monoisotopic (exact) mass is 356 g/mol. The van der Waals surface area contributed by atoms with Crippen molar-refractivity contribution in [1.29, 1.82) is 0 Å². The molecule has 1 aromatic carbocycles. The Bertz CT molecular complexity index is 537. The lowest BCUT2D eigenvalue weighted by Gasteiger charge is -2.34. The number of nitrogens with two attached hydrogens (primary N) is 1. The molecule has 2 unspecified atom stereocenters. The minimum atomic E-state index is 0. The second-order valence-electron chi connectivity index (χ2n) is 6.04. The van der Waals surface area contributed by atoms with Gasteiger partial charge < -0.3 is 20.1 Å². The average molecular weight is 357 g/mol. The van der Waals surface area contributed by atoms with E-state index in [2.05, 4.69) is 0 Å². The zero-order valence-electron chi connectivity index (χ0n) is 14.8. The van der Waals surface area contributed by atoms with E-state index in [-0.39, 0.29) is 24.4 Å². The van der Waals surface area contributed by atoms with Gasteiger partial charge in [0, 0.05) is 24.7 Å². The average Bonchev–Trinajstić information content (AvgIpc) is 2.56. The third-order valence-electron chi connectivity index (χ3n) is 4.28. The van der Waals surface area contributed by atoms with E-state index in [1.807, 2.05) is 37.8 Å². The standard InChI is InChI=1S/C18H28N2O3.ClH/c1-4-22-16-9-8-14(11-17(16)23-5-2)18(21)20-10-6-7-15(12-20)13(3)19;/h8-9,11,13,15H,4-7,10,12,19H2,1-3H3;1H. The summed E-state index contributed by atoms with van der Waals surface area (Å²) in [7, 11) is 0. The topological polar surface area (TPSA) is 64.8 Å². The van der Waals surface area contributed by atoms with E-state index >= 15 is 0 Å². The maximum atomic E-state index is 12.8. The van der Waals surface area contributed by atoms with E-state index in [1.165, 1.54) is 0 Å². The van der Waals surface area contributed by atoms with Crippen molar-refractivity contribution in [1.82, 2.24) is 4.90 Å². The van der Waals surface area contributed by atoms with Gasteiger partial charge in [-0.1, -0.05) is 0 Å². The molecule has 6 heteroatoms. The van der Waals surface area contributed by atoms with E-state index in [0.717, 1.165) is 25.9 Å². The molecule has 1 aromatic rings. The summed E-state index contributed by atoms with van der Waals surface area (Å²) < 4.78 is 11.2. The summed E-state index contributed by atoms with van der Waals surface area (Å²) in [5.41, 5.74) is 6.65. The highest BCUT2D eigenvalue weighted by molar-refractivity contribution is 5.95. The van der Waals surface area contributed by atoms with Crippen LogP contribution in [0.15, 0.2) is 18.2 Å². The fraction of sp³-hybridized carbons (Fsp3) is 0.611. The molecule has 2 rings (SSSR count). The van der Waals surface area contributed by atoms with E-state index in [4.69, 9.17) is 15.2 Å². The van der Waals surface area contributed by atoms with Crippen molar-refractivity contribution >= 4 is 18.3 Å². The Labute approximate surface area is 150 Å². The van der Waals surface area contributed by atoms with E-state index in [9.17, 15) is 4.79 Å². The smallest absolute Gasteiger partial charge is 0.254 e. The first kappa shape index (κ1) is 20.6. The van der Waals surface area contributed by atoms with Crippen LogP contribution in [0.1, 0.15) is 44.0 Å². The van der Waals surface area contributed by atoms with Gasteiger partial charge in [-0.05, 0) is 57.7 Å². The minimum Gasteiger partial charge on any atom is -0.490 e. The molecule has 0 aliphatic carbocycles. The summed E-state index contributed by atoms with van der Waals surface area (Å²) in [6.45, 7) is 8.48. The highest BCUT2D eigenvalue weighted by Gasteiger charge is 2.27. The zero-order valence-corrected chi connectivity index (χ0v) is 15.6. The summed E-state index contributed by atoms with van der Waals surface area (Å²) in [6.07, 6.45) is 2.10. The Hall–Kier alpha value is -1.46. The number of ether oxygens (including phenoxy) is 2. The molecule has 0 radical (unpaired) electrons. The molecule has 1 saturated heterocycles. The fourth-order valence-corrected chi connectivity index (χ4v) is 2.99. The van der Waals surface area contributed by atoms with E-state index < -0.39 is 0 Å².